The molecule has 2 fully saturated rings. The summed E-state index contributed by atoms with van der Waals surface area (Å²) in [6.45, 7) is 2.15. The predicted octanol–water partition coefficient (Wildman–Crippen LogP) is 0.463. The van der Waals surface area contributed by atoms with Crippen molar-refractivity contribution in [1.82, 2.24) is 15.5 Å². The molecule has 0 spiro atoms. The van der Waals surface area contributed by atoms with Gasteiger partial charge in [-0.25, -0.2) is 9.18 Å². The summed E-state index contributed by atoms with van der Waals surface area (Å²) in [5.74, 6) is -0.713. The lowest BCUT2D eigenvalue weighted by Crippen LogP contribution is -2.49. The molecular weight excluding hydrogens is 315 g/mol. The van der Waals surface area contributed by atoms with E-state index in [4.69, 9.17) is 0 Å². The minimum absolute atomic E-state index is 0.0582. The fourth-order valence-corrected chi connectivity index (χ4v) is 2.99. The largest absolute Gasteiger partial charge is 0.366 e. The number of anilines is 1. The summed E-state index contributed by atoms with van der Waals surface area (Å²) in [6.07, 6.45) is 0.474. The van der Waals surface area contributed by atoms with Gasteiger partial charge in [-0.1, -0.05) is 12.1 Å². The second-order valence-corrected chi connectivity index (χ2v) is 5.87. The highest BCUT2D eigenvalue weighted by atomic mass is 19.1. The number of nitrogens with one attached hydrogen (secondary N) is 2. The van der Waals surface area contributed by atoms with Crippen LogP contribution in [0.4, 0.5) is 14.9 Å². The number of nitrogens with zero attached hydrogens (tertiary/aromatic N) is 2. The van der Waals surface area contributed by atoms with Crippen LogP contribution in [0.1, 0.15) is 12.8 Å². The second-order valence-electron chi connectivity index (χ2n) is 5.87. The zero-order chi connectivity index (χ0) is 17.1. The smallest absolute Gasteiger partial charge is 0.322 e. The number of amides is 4. The number of rotatable bonds is 4. The third kappa shape index (κ3) is 3.47. The van der Waals surface area contributed by atoms with Gasteiger partial charge in [-0.2, -0.15) is 0 Å². The summed E-state index contributed by atoms with van der Waals surface area (Å²) >= 11 is 0. The Morgan fingerprint density at radius 1 is 1.17 bits per heavy atom. The van der Waals surface area contributed by atoms with Crippen molar-refractivity contribution < 1.29 is 18.8 Å². The van der Waals surface area contributed by atoms with Crippen molar-refractivity contribution in [2.24, 2.45) is 0 Å². The molecule has 2 saturated heterocycles. The minimum atomic E-state index is -0.638. The SMILES string of the molecule is O=C1NC(=O)[C@H](CCC(=O)N2CCN(c3ccccc3F)CC2)N1. The van der Waals surface area contributed by atoms with Crippen molar-refractivity contribution in [1.29, 1.82) is 0 Å². The van der Waals surface area contributed by atoms with E-state index >= 15 is 0 Å². The Hall–Kier alpha value is -2.64. The lowest BCUT2D eigenvalue weighted by atomic mass is 10.1. The lowest BCUT2D eigenvalue weighted by Gasteiger charge is -2.36. The molecule has 24 heavy (non-hydrogen) atoms. The molecule has 1 aromatic rings. The molecule has 128 valence electrons. The first-order chi connectivity index (χ1) is 11.5. The average molecular weight is 334 g/mol. The van der Waals surface area contributed by atoms with E-state index in [-0.39, 0.29) is 24.6 Å². The topological polar surface area (TPSA) is 81.8 Å². The Morgan fingerprint density at radius 2 is 1.88 bits per heavy atom. The molecule has 1 atom stereocenters. The van der Waals surface area contributed by atoms with Crippen molar-refractivity contribution in [3.8, 4) is 0 Å². The molecule has 0 radical (unpaired) electrons. The Kier molecular flexibility index (Phi) is 4.64. The van der Waals surface area contributed by atoms with Gasteiger partial charge in [0.1, 0.15) is 11.9 Å². The first kappa shape index (κ1) is 16.2. The normalized spacial score (nSPS) is 20.8. The van der Waals surface area contributed by atoms with E-state index in [0.29, 0.717) is 31.9 Å². The van der Waals surface area contributed by atoms with E-state index in [2.05, 4.69) is 10.6 Å². The molecule has 2 aliphatic rings. The van der Waals surface area contributed by atoms with Crippen LogP contribution in [0.25, 0.3) is 0 Å². The Morgan fingerprint density at radius 3 is 2.50 bits per heavy atom. The van der Waals surface area contributed by atoms with Crippen molar-refractivity contribution in [3.63, 3.8) is 0 Å². The third-order valence-corrected chi connectivity index (χ3v) is 4.33. The van der Waals surface area contributed by atoms with E-state index in [1.165, 1.54) is 6.07 Å². The summed E-state index contributed by atoms with van der Waals surface area (Å²) in [6, 6.07) is 5.44. The van der Waals surface area contributed by atoms with E-state index in [1.54, 1.807) is 23.1 Å². The Bertz CT molecular complexity index is 658. The molecular formula is C16H19FN4O3. The average Bonchev–Trinajstić information content (AvgIpc) is 2.91. The third-order valence-electron chi connectivity index (χ3n) is 4.33. The molecule has 1 aromatic carbocycles. The first-order valence-corrected chi connectivity index (χ1v) is 7.93. The maximum atomic E-state index is 13.8. The summed E-state index contributed by atoms with van der Waals surface area (Å²) in [5.41, 5.74) is 0.551. The van der Waals surface area contributed by atoms with Gasteiger partial charge in [-0.05, 0) is 18.6 Å². The maximum Gasteiger partial charge on any atom is 0.322 e. The predicted molar refractivity (Wildman–Crippen MR) is 84.9 cm³/mol. The van der Waals surface area contributed by atoms with E-state index < -0.39 is 18.0 Å². The number of benzene rings is 1. The van der Waals surface area contributed by atoms with Crippen molar-refractivity contribution in [2.45, 2.75) is 18.9 Å². The fourth-order valence-electron chi connectivity index (χ4n) is 2.99. The van der Waals surface area contributed by atoms with Gasteiger partial charge in [0.25, 0.3) is 5.91 Å². The fraction of sp³-hybridized carbons (Fsp3) is 0.438. The van der Waals surface area contributed by atoms with E-state index in [1.807, 2.05) is 4.90 Å². The molecule has 7 nitrogen and oxygen atoms in total. The molecule has 4 amide bonds. The van der Waals surface area contributed by atoms with Crippen molar-refractivity contribution >= 4 is 23.5 Å². The Balaban J connectivity index is 1.48. The van der Waals surface area contributed by atoms with Gasteiger partial charge in [-0.3, -0.25) is 14.9 Å². The van der Waals surface area contributed by atoms with Gasteiger partial charge in [-0.15, -0.1) is 0 Å². The second kappa shape index (κ2) is 6.86. The molecule has 0 bridgehead atoms. The summed E-state index contributed by atoms with van der Waals surface area (Å²) < 4.78 is 13.8. The highest BCUT2D eigenvalue weighted by Crippen LogP contribution is 2.20. The van der Waals surface area contributed by atoms with Crippen LogP contribution in [0.3, 0.4) is 0 Å². The number of carbonyl (C=O) groups is 3. The van der Waals surface area contributed by atoms with Gasteiger partial charge < -0.3 is 15.1 Å². The number of halogens is 1. The van der Waals surface area contributed by atoms with Crippen LogP contribution in [0.5, 0.6) is 0 Å². The summed E-state index contributed by atoms with van der Waals surface area (Å²) in [5, 5.41) is 4.62. The molecule has 0 aliphatic carbocycles. The quantitative estimate of drug-likeness (QED) is 0.784. The number of carbonyl (C=O) groups excluding carboxylic acids is 3. The molecule has 2 heterocycles. The zero-order valence-corrected chi connectivity index (χ0v) is 13.1. The zero-order valence-electron chi connectivity index (χ0n) is 13.1. The van der Waals surface area contributed by atoms with Crippen LogP contribution in [0.15, 0.2) is 24.3 Å². The van der Waals surface area contributed by atoms with Crippen LogP contribution >= 0.6 is 0 Å². The number of imide groups is 1. The van der Waals surface area contributed by atoms with Crippen LogP contribution in [-0.4, -0.2) is 55.0 Å². The number of para-hydroxylation sites is 1. The monoisotopic (exact) mass is 334 g/mol. The standard InChI is InChI=1S/C16H19FN4O3/c17-11-3-1-2-4-13(11)20-7-9-21(10-8-20)14(22)6-5-12-15(23)19-16(24)18-12/h1-4,12H,5-10H2,(H2,18,19,23,24)/t12-/m0/s1. The molecule has 8 heteroatoms. The maximum absolute atomic E-state index is 13.8. The van der Waals surface area contributed by atoms with Crippen molar-refractivity contribution in [2.75, 3.05) is 31.1 Å². The van der Waals surface area contributed by atoms with Crippen molar-refractivity contribution in [3.05, 3.63) is 30.1 Å². The molecule has 0 aromatic heterocycles. The molecule has 3 rings (SSSR count). The van der Waals surface area contributed by atoms with Crippen LogP contribution < -0.4 is 15.5 Å². The number of hydrogen-bond acceptors (Lipinski definition) is 4. The number of urea groups is 1. The van der Waals surface area contributed by atoms with E-state index in [0.717, 1.165) is 0 Å². The number of hydrogen-bond donors (Lipinski definition) is 2. The summed E-state index contributed by atoms with van der Waals surface area (Å²) in [7, 11) is 0. The highest BCUT2D eigenvalue weighted by Gasteiger charge is 2.30. The van der Waals surface area contributed by atoms with Gasteiger partial charge in [0.2, 0.25) is 5.91 Å². The summed E-state index contributed by atoms with van der Waals surface area (Å²) in [4.78, 5) is 38.4. The highest BCUT2D eigenvalue weighted by molar-refractivity contribution is 6.04. The van der Waals surface area contributed by atoms with Gasteiger partial charge >= 0.3 is 6.03 Å². The Labute approximate surface area is 138 Å². The molecule has 2 aliphatic heterocycles. The van der Waals surface area contributed by atoms with E-state index in [9.17, 15) is 18.8 Å². The molecule has 0 unspecified atom stereocenters. The van der Waals surface area contributed by atoms with Crippen LogP contribution in [-0.2, 0) is 9.59 Å². The van der Waals surface area contributed by atoms with Gasteiger partial charge in [0.15, 0.2) is 0 Å². The van der Waals surface area contributed by atoms with Gasteiger partial charge in [0, 0.05) is 32.6 Å². The minimum Gasteiger partial charge on any atom is -0.366 e. The van der Waals surface area contributed by atoms with Gasteiger partial charge in [0.05, 0.1) is 5.69 Å². The van der Waals surface area contributed by atoms with Crippen LogP contribution in [0, 0.1) is 5.82 Å². The molecule has 2 N–H and O–H groups in total. The first-order valence-electron chi connectivity index (χ1n) is 7.93. The van der Waals surface area contributed by atoms with Crippen LogP contribution in [0.2, 0.25) is 0 Å². The lowest BCUT2D eigenvalue weighted by molar-refractivity contribution is -0.131. The number of piperazine rings is 1. The molecule has 0 saturated carbocycles.